The van der Waals surface area contributed by atoms with Crippen molar-refractivity contribution in [3.8, 4) is 0 Å². The molecule has 4 rings (SSSR count). The Labute approximate surface area is 275 Å². The van der Waals surface area contributed by atoms with Gasteiger partial charge in [-0.1, -0.05) is 109 Å². The molecule has 0 saturated heterocycles. The van der Waals surface area contributed by atoms with Crippen molar-refractivity contribution >= 4 is 0 Å². The minimum absolute atomic E-state index is 0.0289. The fourth-order valence-corrected chi connectivity index (χ4v) is 8.61. The van der Waals surface area contributed by atoms with Gasteiger partial charge in [0.1, 0.15) is 0 Å². The molecule has 4 nitrogen and oxygen atoms in total. The number of aliphatic hydroxyl groups is 4. The van der Waals surface area contributed by atoms with Gasteiger partial charge in [0.05, 0.1) is 24.4 Å². The molecule has 4 heteroatoms. The van der Waals surface area contributed by atoms with Gasteiger partial charge in [-0.15, -0.1) is 0 Å². The summed E-state index contributed by atoms with van der Waals surface area (Å²) in [6.45, 7) is 26.6. The van der Waals surface area contributed by atoms with Gasteiger partial charge >= 0.3 is 0 Å². The molecule has 4 saturated carbocycles. The van der Waals surface area contributed by atoms with Crippen molar-refractivity contribution in [3.63, 3.8) is 0 Å². The monoisotopic (exact) mass is 625 g/mol. The Balaban J connectivity index is 0.000000293. The molecule has 0 unspecified atom stereocenters. The molecule has 0 aromatic heterocycles. The number of aliphatic hydroxyl groups excluding tert-OH is 4. The highest BCUT2D eigenvalue weighted by molar-refractivity contribution is 4.82. The smallest absolute Gasteiger partial charge is 0.0573 e. The molecule has 0 aromatic carbocycles. The summed E-state index contributed by atoms with van der Waals surface area (Å²) in [7, 11) is 0. The third kappa shape index (κ3) is 15.2. The van der Waals surface area contributed by atoms with E-state index < -0.39 is 0 Å². The van der Waals surface area contributed by atoms with Crippen LogP contribution in [0.15, 0.2) is 0 Å². The van der Waals surface area contributed by atoms with Crippen LogP contribution in [-0.2, 0) is 0 Å². The Morgan fingerprint density at radius 2 is 0.477 bits per heavy atom. The van der Waals surface area contributed by atoms with Crippen LogP contribution in [0.2, 0.25) is 0 Å². The maximum Gasteiger partial charge on any atom is 0.0573 e. The first-order chi connectivity index (χ1) is 20.4. The van der Waals surface area contributed by atoms with Crippen molar-refractivity contribution < 1.29 is 20.4 Å². The quantitative estimate of drug-likeness (QED) is 0.251. The van der Waals surface area contributed by atoms with Crippen molar-refractivity contribution in [2.24, 2.45) is 71.0 Å². The van der Waals surface area contributed by atoms with Gasteiger partial charge in [0.2, 0.25) is 0 Å². The number of rotatable bonds is 4. The molecule has 4 aliphatic rings. The van der Waals surface area contributed by atoms with Crippen molar-refractivity contribution in [1.82, 2.24) is 0 Å². The van der Waals surface area contributed by atoms with E-state index >= 15 is 0 Å². The lowest BCUT2D eigenvalue weighted by atomic mass is 9.75. The first kappa shape index (κ1) is 41.9. The Morgan fingerprint density at radius 3 is 0.591 bits per heavy atom. The lowest BCUT2D eigenvalue weighted by Crippen LogP contribution is -2.31. The van der Waals surface area contributed by atoms with E-state index in [-0.39, 0.29) is 24.4 Å². The molecule has 0 amide bonds. The van der Waals surface area contributed by atoms with E-state index in [0.717, 1.165) is 49.4 Å². The first-order valence-corrected chi connectivity index (χ1v) is 19.2. The molecule has 4 fully saturated rings. The first-order valence-electron chi connectivity index (χ1n) is 19.2. The third-order valence-corrected chi connectivity index (χ3v) is 11.9. The summed E-state index contributed by atoms with van der Waals surface area (Å²) < 4.78 is 0. The molecule has 264 valence electrons. The van der Waals surface area contributed by atoms with Gasteiger partial charge in [-0.2, -0.15) is 0 Å². The molecule has 0 aromatic rings. The molecule has 4 N–H and O–H groups in total. The van der Waals surface area contributed by atoms with Crippen molar-refractivity contribution in [2.75, 3.05) is 0 Å². The van der Waals surface area contributed by atoms with Crippen molar-refractivity contribution in [1.29, 1.82) is 0 Å². The largest absolute Gasteiger partial charge is 0.393 e. The zero-order chi connectivity index (χ0) is 33.7. The Hall–Kier alpha value is -0.160. The molecule has 44 heavy (non-hydrogen) atoms. The normalized spacial score (nSPS) is 39.5. The number of hydrogen-bond acceptors (Lipinski definition) is 4. The Bertz CT molecular complexity index is 600. The summed E-state index contributed by atoms with van der Waals surface area (Å²) in [5.74, 6) is 7.79. The van der Waals surface area contributed by atoms with Gasteiger partial charge in [-0.25, -0.2) is 0 Å². The maximum absolute atomic E-state index is 9.71. The summed E-state index contributed by atoms with van der Waals surface area (Å²) in [5.41, 5.74) is 0. The van der Waals surface area contributed by atoms with Gasteiger partial charge in [0.15, 0.2) is 0 Å². The van der Waals surface area contributed by atoms with E-state index in [0.29, 0.717) is 47.3 Å². The lowest BCUT2D eigenvalue weighted by Gasteiger charge is -2.33. The molecule has 0 radical (unpaired) electrons. The zero-order valence-corrected chi connectivity index (χ0v) is 31.5. The van der Waals surface area contributed by atoms with Gasteiger partial charge in [-0.05, 0) is 122 Å². The molecule has 4 aliphatic carbocycles. The van der Waals surface area contributed by atoms with Crippen LogP contribution in [0.3, 0.4) is 0 Å². The second-order valence-electron chi connectivity index (χ2n) is 17.6. The molecule has 0 spiro atoms. The topological polar surface area (TPSA) is 80.9 Å². The highest BCUT2D eigenvalue weighted by Crippen LogP contribution is 2.35. The van der Waals surface area contributed by atoms with Crippen LogP contribution in [0.25, 0.3) is 0 Å². The molecule has 0 aliphatic heterocycles. The lowest BCUT2D eigenvalue weighted by molar-refractivity contribution is 0.0263. The summed E-state index contributed by atoms with van der Waals surface area (Å²) in [6.07, 6.45) is 14.1. The highest BCUT2D eigenvalue weighted by Gasteiger charge is 2.31. The van der Waals surface area contributed by atoms with Crippen LogP contribution in [0.4, 0.5) is 0 Å². The van der Waals surface area contributed by atoms with Crippen LogP contribution >= 0.6 is 0 Å². The van der Waals surface area contributed by atoms with E-state index in [4.69, 9.17) is 0 Å². The average Bonchev–Trinajstić information content (AvgIpc) is 2.89. The van der Waals surface area contributed by atoms with Crippen LogP contribution in [-0.4, -0.2) is 44.8 Å². The molecule has 12 atom stereocenters. The van der Waals surface area contributed by atoms with E-state index in [9.17, 15) is 20.4 Å². The minimum Gasteiger partial charge on any atom is -0.393 e. The van der Waals surface area contributed by atoms with E-state index in [2.05, 4.69) is 83.1 Å². The molecular formula is C40H80O4. The van der Waals surface area contributed by atoms with Gasteiger partial charge in [0, 0.05) is 0 Å². The van der Waals surface area contributed by atoms with Crippen LogP contribution in [0.5, 0.6) is 0 Å². The third-order valence-electron chi connectivity index (χ3n) is 11.9. The van der Waals surface area contributed by atoms with Crippen molar-refractivity contribution in [3.05, 3.63) is 0 Å². The highest BCUT2D eigenvalue weighted by atomic mass is 16.3. The van der Waals surface area contributed by atoms with Gasteiger partial charge in [0.25, 0.3) is 0 Å². The summed E-state index contributed by atoms with van der Waals surface area (Å²) in [6, 6.07) is 0. The van der Waals surface area contributed by atoms with Crippen LogP contribution in [0, 0.1) is 71.0 Å². The fraction of sp³-hybridized carbons (Fsp3) is 1.00. The summed E-state index contributed by atoms with van der Waals surface area (Å²) in [4.78, 5) is 0. The number of hydrogen-bond donors (Lipinski definition) is 4. The minimum atomic E-state index is -0.0289. The van der Waals surface area contributed by atoms with Gasteiger partial charge < -0.3 is 20.4 Å². The van der Waals surface area contributed by atoms with E-state index in [1.165, 1.54) is 51.4 Å². The standard InChI is InChI=1S/4C10H20O/c4*1-7(2)9-5-4-8(3)6-10(9)11/h4*7-11H,4-6H2,1-3H3/t8-,9+,10+;8-,9+,10-;8-,9-,10+;8-,9-,10-/m0100/s1. The van der Waals surface area contributed by atoms with Gasteiger partial charge in [-0.3, -0.25) is 0 Å². The second-order valence-corrected chi connectivity index (χ2v) is 17.6. The van der Waals surface area contributed by atoms with Crippen molar-refractivity contribution in [2.45, 2.75) is 185 Å². The Kier molecular flexibility index (Phi) is 19.9. The fourth-order valence-electron chi connectivity index (χ4n) is 8.61. The molecule has 0 heterocycles. The second kappa shape index (κ2) is 20.9. The van der Waals surface area contributed by atoms with Crippen LogP contribution in [0.1, 0.15) is 160 Å². The summed E-state index contributed by atoms with van der Waals surface area (Å²) in [5, 5.41) is 38.8. The zero-order valence-electron chi connectivity index (χ0n) is 31.5. The predicted octanol–water partition coefficient (Wildman–Crippen LogP) is 9.76. The van der Waals surface area contributed by atoms with E-state index in [1.54, 1.807) is 0 Å². The van der Waals surface area contributed by atoms with Crippen LogP contribution < -0.4 is 0 Å². The predicted molar refractivity (Wildman–Crippen MR) is 189 cm³/mol. The average molecular weight is 625 g/mol. The Morgan fingerprint density at radius 1 is 0.318 bits per heavy atom. The molecule has 0 bridgehead atoms. The summed E-state index contributed by atoms with van der Waals surface area (Å²) >= 11 is 0. The van der Waals surface area contributed by atoms with E-state index in [1.807, 2.05) is 0 Å². The SMILES string of the molecule is CC(C)[C@@H]1CC[C@@H](C)C[C@H]1O.CC(C)[C@@H]1CC[C@H](C)C[C@@H]1O.CC(C)[C@@H]1CC[C@H](C)C[C@H]1O.CC(C)[C@H]1CC[C@H](C)C[C@H]1O. The maximum atomic E-state index is 9.71. The molecular weight excluding hydrogens is 544 g/mol.